The fourth-order valence-corrected chi connectivity index (χ4v) is 4.14. The van der Waals surface area contributed by atoms with Gasteiger partial charge >= 0.3 is 12.2 Å². The van der Waals surface area contributed by atoms with Crippen molar-refractivity contribution in [1.29, 1.82) is 0 Å². The van der Waals surface area contributed by atoms with E-state index in [1.807, 2.05) is 0 Å². The van der Waals surface area contributed by atoms with Crippen LogP contribution in [0.4, 0.5) is 32.3 Å². The first-order chi connectivity index (χ1) is 22.1. The van der Waals surface area contributed by atoms with Gasteiger partial charge in [0.25, 0.3) is 5.91 Å². The van der Waals surface area contributed by atoms with Gasteiger partial charge in [0.05, 0.1) is 12.5 Å². The lowest BCUT2D eigenvalue weighted by molar-refractivity contribution is -0.119. The molecule has 0 atom stereocenters. The molecule has 4 aromatic rings. The Morgan fingerprint density at radius 1 is 0.723 bits per heavy atom. The van der Waals surface area contributed by atoms with E-state index in [1.54, 1.807) is 96.1 Å². The zero-order chi connectivity index (χ0) is 34.6. The number of anilines is 4. The summed E-state index contributed by atoms with van der Waals surface area (Å²) in [4.78, 5) is 47.5. The Morgan fingerprint density at radius 2 is 1.19 bits per heavy atom. The van der Waals surface area contributed by atoms with Crippen molar-refractivity contribution in [3.8, 4) is 11.3 Å². The van der Waals surface area contributed by atoms with Gasteiger partial charge in [-0.05, 0) is 108 Å². The maximum absolute atomic E-state index is 12.5. The fourth-order valence-electron chi connectivity index (χ4n) is 3.56. The van der Waals surface area contributed by atoms with Crippen LogP contribution in [0.1, 0.15) is 51.2 Å². The molecule has 0 spiro atoms. The minimum atomic E-state index is -0.576. The maximum atomic E-state index is 12.5. The summed E-state index contributed by atoms with van der Waals surface area (Å²) in [6, 6.07) is 15.1. The number of nitrogens with one attached hydrogen (secondary N) is 4. The van der Waals surface area contributed by atoms with Crippen LogP contribution in [0, 0.1) is 0 Å². The summed E-state index contributed by atoms with van der Waals surface area (Å²) in [5.41, 5.74) is 2.37. The van der Waals surface area contributed by atoms with Gasteiger partial charge < -0.3 is 29.3 Å². The number of carbonyl (C=O) groups is 4. The molecule has 0 saturated heterocycles. The molecule has 0 aliphatic carbocycles. The van der Waals surface area contributed by atoms with Crippen molar-refractivity contribution < 1.29 is 37.8 Å². The highest BCUT2D eigenvalue weighted by atomic mass is 32.1. The molecule has 0 bridgehead atoms. The highest BCUT2D eigenvalue weighted by Gasteiger charge is 2.20. The van der Waals surface area contributed by atoms with Crippen molar-refractivity contribution in [2.45, 2.75) is 52.7 Å². The summed E-state index contributed by atoms with van der Waals surface area (Å²) in [6.45, 7) is 10.7. The zero-order valence-electron chi connectivity index (χ0n) is 27.1. The van der Waals surface area contributed by atoms with E-state index in [2.05, 4.69) is 30.9 Å². The molecule has 15 heteroatoms. The minimum Gasteiger partial charge on any atom is -0.472 e. The molecule has 0 radical (unpaired) electrons. The van der Waals surface area contributed by atoms with E-state index in [1.165, 1.54) is 19.6 Å². The molecule has 0 aliphatic rings. The van der Waals surface area contributed by atoms with Crippen LogP contribution in [-0.4, -0.2) is 58.5 Å². The third kappa shape index (κ3) is 12.9. The summed E-state index contributed by atoms with van der Waals surface area (Å²) in [6.07, 6.45) is 1.95. The monoisotopic (exact) mass is 666 g/mol. The van der Waals surface area contributed by atoms with Crippen molar-refractivity contribution in [2.24, 2.45) is 0 Å². The highest BCUT2D eigenvalue weighted by Crippen LogP contribution is 2.25. The van der Waals surface area contributed by atoms with Gasteiger partial charge in [0.2, 0.25) is 5.91 Å². The number of nitrogens with zero attached hydrogens (tertiary/aromatic N) is 2. The average Bonchev–Trinajstić information content (AvgIpc) is 3.66. The fraction of sp³-hybridized carbons (Fsp3) is 0.312. The molecule has 4 rings (SSSR count). The predicted molar refractivity (Wildman–Crippen MR) is 179 cm³/mol. The average molecular weight is 667 g/mol. The first kappa shape index (κ1) is 36.2. The molecule has 47 heavy (non-hydrogen) atoms. The number of amides is 4. The Balaban J connectivity index is 0.000000268. The van der Waals surface area contributed by atoms with E-state index in [9.17, 15) is 19.2 Å². The number of benzene rings is 2. The second-order valence-corrected chi connectivity index (χ2v) is 12.6. The van der Waals surface area contributed by atoms with E-state index in [0.717, 1.165) is 11.5 Å². The van der Waals surface area contributed by atoms with Gasteiger partial charge in [0.15, 0.2) is 0 Å². The predicted octanol–water partition coefficient (Wildman–Crippen LogP) is 7.02. The van der Waals surface area contributed by atoms with Gasteiger partial charge in [0.1, 0.15) is 28.4 Å². The van der Waals surface area contributed by atoms with Crippen LogP contribution in [-0.2, 0) is 19.0 Å². The molecule has 0 aliphatic heterocycles. The number of rotatable bonds is 8. The molecule has 2 aromatic heterocycles. The van der Waals surface area contributed by atoms with E-state index >= 15 is 0 Å². The Hall–Kier alpha value is -5.28. The number of methoxy groups -OCH3 is 1. The molecule has 0 unspecified atom stereocenters. The quantitative estimate of drug-likeness (QED) is 0.152. The molecule has 4 amide bonds. The summed E-state index contributed by atoms with van der Waals surface area (Å²) in [5.74, 6) is -0.561. The molecule has 250 valence electrons. The lowest BCUT2D eigenvalue weighted by atomic mass is 10.2. The number of hydrogen-bond donors (Lipinski definition) is 4. The third-order valence-electron chi connectivity index (χ3n) is 5.37. The Kier molecular flexibility index (Phi) is 12.6. The van der Waals surface area contributed by atoms with Crippen molar-refractivity contribution in [1.82, 2.24) is 9.59 Å². The molecule has 4 N–H and O–H groups in total. The zero-order valence-corrected chi connectivity index (χ0v) is 27.9. The number of aromatic nitrogens is 2. The SMILES string of the molecule is CC(C)(C)OC(=O)Nc1ccc(NC(=O)c2snnc2-c2ccoc2)cc1.COCC(=O)Nc1ccc(NC(=O)OC(C)(C)C)cc1. The van der Waals surface area contributed by atoms with Crippen LogP contribution >= 0.6 is 11.5 Å². The maximum Gasteiger partial charge on any atom is 0.412 e. The number of ether oxygens (including phenoxy) is 3. The van der Waals surface area contributed by atoms with Crippen LogP contribution in [0.2, 0.25) is 0 Å². The largest absolute Gasteiger partial charge is 0.472 e. The van der Waals surface area contributed by atoms with Crippen molar-refractivity contribution in [3.63, 3.8) is 0 Å². The highest BCUT2D eigenvalue weighted by molar-refractivity contribution is 7.08. The van der Waals surface area contributed by atoms with E-state index in [0.29, 0.717) is 38.9 Å². The van der Waals surface area contributed by atoms with Gasteiger partial charge in [-0.25, -0.2) is 9.59 Å². The van der Waals surface area contributed by atoms with Crippen molar-refractivity contribution >= 4 is 58.3 Å². The Bertz CT molecular complexity index is 1620. The van der Waals surface area contributed by atoms with Crippen LogP contribution in [0.15, 0.2) is 71.5 Å². The molecule has 2 heterocycles. The second-order valence-electron chi connectivity index (χ2n) is 11.8. The molecule has 0 saturated carbocycles. The first-order valence-corrected chi connectivity index (χ1v) is 15.0. The van der Waals surface area contributed by atoms with Gasteiger partial charge in [-0.2, -0.15) is 0 Å². The molecule has 14 nitrogen and oxygen atoms in total. The third-order valence-corrected chi connectivity index (χ3v) is 6.09. The van der Waals surface area contributed by atoms with Gasteiger partial charge in [-0.1, -0.05) is 4.49 Å². The van der Waals surface area contributed by atoms with Crippen LogP contribution in [0.3, 0.4) is 0 Å². The Morgan fingerprint density at radius 3 is 1.62 bits per heavy atom. The summed E-state index contributed by atoms with van der Waals surface area (Å²) in [7, 11) is 1.45. The second kappa shape index (κ2) is 16.3. The van der Waals surface area contributed by atoms with E-state index in [4.69, 9.17) is 18.6 Å². The normalized spacial score (nSPS) is 11.0. The lowest BCUT2D eigenvalue weighted by Gasteiger charge is -2.19. The van der Waals surface area contributed by atoms with Gasteiger partial charge in [0, 0.05) is 35.4 Å². The van der Waals surface area contributed by atoms with Gasteiger partial charge in [-0.15, -0.1) is 5.10 Å². The number of furan rings is 1. The summed E-state index contributed by atoms with van der Waals surface area (Å²) in [5, 5.41) is 14.7. The van der Waals surface area contributed by atoms with E-state index < -0.39 is 23.4 Å². The lowest BCUT2D eigenvalue weighted by Crippen LogP contribution is -2.27. The smallest absolute Gasteiger partial charge is 0.412 e. The minimum absolute atomic E-state index is 0.00207. The first-order valence-electron chi connectivity index (χ1n) is 14.3. The van der Waals surface area contributed by atoms with Crippen molar-refractivity contribution in [3.05, 3.63) is 72.0 Å². The van der Waals surface area contributed by atoms with Crippen LogP contribution in [0.5, 0.6) is 0 Å². The molecule has 2 aromatic carbocycles. The number of hydrogen-bond acceptors (Lipinski definition) is 11. The Labute approximate surface area is 276 Å². The van der Waals surface area contributed by atoms with Crippen molar-refractivity contribution in [2.75, 3.05) is 35.0 Å². The summed E-state index contributed by atoms with van der Waals surface area (Å²) >= 11 is 1.00. The topological polar surface area (TPSA) is 183 Å². The van der Waals surface area contributed by atoms with Crippen LogP contribution < -0.4 is 21.3 Å². The number of carbonyl (C=O) groups excluding carboxylic acids is 4. The van der Waals surface area contributed by atoms with E-state index in [-0.39, 0.29) is 18.4 Å². The molecular weight excluding hydrogens is 628 g/mol. The summed E-state index contributed by atoms with van der Waals surface area (Å²) < 4.78 is 23.9. The van der Waals surface area contributed by atoms with Crippen LogP contribution in [0.25, 0.3) is 11.3 Å². The van der Waals surface area contributed by atoms with Gasteiger partial charge in [-0.3, -0.25) is 20.2 Å². The molecule has 0 fully saturated rings. The standard InChI is InChI=1S/C18H18N4O4S.C14H20N2O4/c1-18(2,3)26-17(24)20-13-6-4-12(5-7-13)19-16(23)15-14(21-22-27-15)11-8-9-25-10-11;1-14(2,3)20-13(18)16-11-7-5-10(6-8-11)15-12(17)9-19-4/h4-10H,1-3H3,(H,19,23)(H,20,24);5-8H,9H2,1-4H3,(H,15,17)(H,16,18). The molecular formula is C32H38N6O8S.